The van der Waals surface area contributed by atoms with Gasteiger partial charge in [-0.2, -0.15) is 0 Å². The largest absolute Gasteiger partial charge is 0.361 e. The summed E-state index contributed by atoms with van der Waals surface area (Å²) in [6.45, 7) is 12.4. The lowest BCUT2D eigenvalue weighted by atomic mass is 10.1. The number of hydrogen-bond acceptors (Lipinski definition) is 5. The van der Waals surface area contributed by atoms with E-state index in [1.807, 2.05) is 20.8 Å². The number of hydrogen-bond donors (Lipinski definition) is 0. The van der Waals surface area contributed by atoms with E-state index in [4.69, 9.17) is 4.52 Å². The SMILES string of the molecule is Cc1ccc2cc(CN3CCN(Cc4c(C)noc4C)CC3)ccc2n1. The van der Waals surface area contributed by atoms with Crippen LogP contribution in [0.3, 0.4) is 0 Å². The lowest BCUT2D eigenvalue weighted by Gasteiger charge is -2.34. The van der Waals surface area contributed by atoms with Gasteiger partial charge in [0.1, 0.15) is 5.76 Å². The van der Waals surface area contributed by atoms with Crippen molar-refractivity contribution in [3.05, 3.63) is 58.6 Å². The molecule has 1 saturated heterocycles. The molecular weight excluding hydrogens is 324 g/mol. The number of rotatable bonds is 4. The Morgan fingerprint density at radius 3 is 2.35 bits per heavy atom. The monoisotopic (exact) mass is 350 g/mol. The summed E-state index contributed by atoms with van der Waals surface area (Å²) in [5.41, 5.74) is 5.78. The molecule has 3 aromatic rings. The van der Waals surface area contributed by atoms with E-state index in [1.54, 1.807) is 0 Å². The standard InChI is InChI=1S/C21H26N4O/c1-15-4-6-19-12-18(5-7-21(19)22-15)13-24-8-10-25(11-9-24)14-20-16(2)23-26-17(20)3/h4-7,12H,8-11,13-14H2,1-3H3. The first-order valence-electron chi connectivity index (χ1n) is 9.31. The lowest BCUT2D eigenvalue weighted by molar-refractivity contribution is 0.121. The zero-order valence-corrected chi connectivity index (χ0v) is 15.8. The van der Waals surface area contributed by atoms with Gasteiger partial charge in [-0.05, 0) is 44.5 Å². The topological polar surface area (TPSA) is 45.4 Å². The quantitative estimate of drug-likeness (QED) is 0.721. The van der Waals surface area contributed by atoms with Crippen LogP contribution in [0.15, 0.2) is 34.9 Å². The van der Waals surface area contributed by atoms with E-state index in [-0.39, 0.29) is 0 Å². The Morgan fingerprint density at radius 2 is 1.65 bits per heavy atom. The first-order chi connectivity index (χ1) is 12.6. The van der Waals surface area contributed by atoms with Crippen LogP contribution in [0.4, 0.5) is 0 Å². The summed E-state index contributed by atoms with van der Waals surface area (Å²) in [7, 11) is 0. The summed E-state index contributed by atoms with van der Waals surface area (Å²) in [5.74, 6) is 0.949. The minimum atomic E-state index is 0.940. The molecule has 4 rings (SSSR count). The van der Waals surface area contributed by atoms with Crippen molar-refractivity contribution in [1.29, 1.82) is 0 Å². The molecule has 5 heteroatoms. The van der Waals surface area contributed by atoms with E-state index in [0.29, 0.717) is 0 Å². The molecule has 5 nitrogen and oxygen atoms in total. The third kappa shape index (κ3) is 3.64. The number of pyridine rings is 1. The minimum absolute atomic E-state index is 0.940. The van der Waals surface area contributed by atoms with Crippen molar-refractivity contribution in [3.63, 3.8) is 0 Å². The molecule has 0 amide bonds. The Balaban J connectivity index is 1.36. The molecule has 0 spiro atoms. The molecule has 26 heavy (non-hydrogen) atoms. The van der Waals surface area contributed by atoms with Gasteiger partial charge in [-0.15, -0.1) is 0 Å². The van der Waals surface area contributed by atoms with Crippen LogP contribution >= 0.6 is 0 Å². The van der Waals surface area contributed by atoms with Crippen molar-refractivity contribution in [1.82, 2.24) is 19.9 Å². The summed E-state index contributed by atoms with van der Waals surface area (Å²) >= 11 is 0. The van der Waals surface area contributed by atoms with Crippen LogP contribution < -0.4 is 0 Å². The van der Waals surface area contributed by atoms with E-state index in [1.165, 1.54) is 16.5 Å². The minimum Gasteiger partial charge on any atom is -0.361 e. The Morgan fingerprint density at radius 1 is 0.923 bits per heavy atom. The molecular formula is C21H26N4O. The molecule has 1 aliphatic rings. The van der Waals surface area contributed by atoms with Crippen LogP contribution in [0, 0.1) is 20.8 Å². The Kier molecular flexibility index (Phi) is 4.74. The Hall–Kier alpha value is -2.24. The molecule has 1 fully saturated rings. The fraction of sp³-hybridized carbons (Fsp3) is 0.429. The maximum Gasteiger partial charge on any atom is 0.138 e. The molecule has 0 N–H and O–H groups in total. The van der Waals surface area contributed by atoms with Gasteiger partial charge >= 0.3 is 0 Å². The predicted molar refractivity (Wildman–Crippen MR) is 103 cm³/mol. The van der Waals surface area contributed by atoms with Crippen molar-refractivity contribution in [2.45, 2.75) is 33.9 Å². The van der Waals surface area contributed by atoms with Gasteiger partial charge in [0.25, 0.3) is 0 Å². The summed E-state index contributed by atoms with van der Waals surface area (Å²) < 4.78 is 5.29. The normalized spacial score (nSPS) is 16.4. The first-order valence-corrected chi connectivity index (χ1v) is 9.31. The molecule has 0 radical (unpaired) electrons. The van der Waals surface area contributed by atoms with Gasteiger partial charge in [-0.3, -0.25) is 14.8 Å². The van der Waals surface area contributed by atoms with Crippen molar-refractivity contribution in [3.8, 4) is 0 Å². The first kappa shape index (κ1) is 17.2. The predicted octanol–water partition coefficient (Wildman–Crippen LogP) is 3.47. The highest BCUT2D eigenvalue weighted by Crippen LogP contribution is 2.19. The summed E-state index contributed by atoms with van der Waals surface area (Å²) in [6.07, 6.45) is 0. The Labute approximate surface area is 154 Å². The summed E-state index contributed by atoms with van der Waals surface area (Å²) in [5, 5.41) is 5.29. The number of fused-ring (bicyclic) bond motifs is 1. The summed E-state index contributed by atoms with van der Waals surface area (Å²) in [4.78, 5) is 9.62. The molecule has 3 heterocycles. The molecule has 0 atom stereocenters. The highest BCUT2D eigenvalue weighted by atomic mass is 16.5. The van der Waals surface area contributed by atoms with Crippen molar-refractivity contribution >= 4 is 10.9 Å². The van der Waals surface area contributed by atoms with E-state index >= 15 is 0 Å². The summed E-state index contributed by atoms with van der Waals surface area (Å²) in [6, 6.07) is 10.9. The number of benzene rings is 1. The molecule has 1 aliphatic heterocycles. The van der Waals surface area contributed by atoms with E-state index < -0.39 is 0 Å². The average Bonchev–Trinajstić information content (AvgIpc) is 2.95. The smallest absolute Gasteiger partial charge is 0.138 e. The number of aromatic nitrogens is 2. The van der Waals surface area contributed by atoms with E-state index in [0.717, 1.165) is 61.9 Å². The number of aryl methyl sites for hydroxylation is 3. The zero-order valence-electron chi connectivity index (χ0n) is 15.8. The number of nitrogens with zero attached hydrogens (tertiary/aromatic N) is 4. The molecule has 0 aliphatic carbocycles. The maximum atomic E-state index is 5.29. The van der Waals surface area contributed by atoms with Gasteiger partial charge in [0, 0.05) is 55.9 Å². The van der Waals surface area contributed by atoms with Crippen LogP contribution in [0.2, 0.25) is 0 Å². The van der Waals surface area contributed by atoms with Gasteiger partial charge in [0.15, 0.2) is 0 Å². The van der Waals surface area contributed by atoms with Crippen molar-refractivity contribution < 1.29 is 4.52 Å². The van der Waals surface area contributed by atoms with E-state index in [9.17, 15) is 0 Å². The molecule has 0 bridgehead atoms. The fourth-order valence-corrected chi connectivity index (χ4v) is 3.69. The van der Waals surface area contributed by atoms with Crippen LogP contribution in [-0.4, -0.2) is 46.1 Å². The zero-order chi connectivity index (χ0) is 18.1. The van der Waals surface area contributed by atoms with Crippen LogP contribution in [-0.2, 0) is 13.1 Å². The second-order valence-electron chi connectivity index (χ2n) is 7.33. The molecule has 0 unspecified atom stereocenters. The number of piperazine rings is 1. The second kappa shape index (κ2) is 7.17. The molecule has 136 valence electrons. The average molecular weight is 350 g/mol. The second-order valence-corrected chi connectivity index (χ2v) is 7.33. The third-order valence-corrected chi connectivity index (χ3v) is 5.33. The van der Waals surface area contributed by atoms with Gasteiger partial charge in [0.05, 0.1) is 11.2 Å². The van der Waals surface area contributed by atoms with Gasteiger partial charge in [-0.25, -0.2) is 0 Å². The van der Waals surface area contributed by atoms with Crippen LogP contribution in [0.5, 0.6) is 0 Å². The lowest BCUT2D eigenvalue weighted by Crippen LogP contribution is -2.45. The van der Waals surface area contributed by atoms with Gasteiger partial charge in [0.2, 0.25) is 0 Å². The Bertz CT molecular complexity index is 890. The highest BCUT2D eigenvalue weighted by molar-refractivity contribution is 5.79. The fourth-order valence-electron chi connectivity index (χ4n) is 3.69. The van der Waals surface area contributed by atoms with Crippen molar-refractivity contribution in [2.75, 3.05) is 26.2 Å². The van der Waals surface area contributed by atoms with Gasteiger partial charge in [-0.1, -0.05) is 17.3 Å². The molecule has 2 aromatic heterocycles. The van der Waals surface area contributed by atoms with Crippen molar-refractivity contribution in [2.24, 2.45) is 0 Å². The highest BCUT2D eigenvalue weighted by Gasteiger charge is 2.20. The molecule has 1 aromatic carbocycles. The maximum absolute atomic E-state index is 5.29. The third-order valence-electron chi connectivity index (χ3n) is 5.33. The van der Waals surface area contributed by atoms with E-state index in [2.05, 4.69) is 50.3 Å². The van der Waals surface area contributed by atoms with Crippen LogP contribution in [0.1, 0.15) is 28.3 Å². The van der Waals surface area contributed by atoms with Crippen LogP contribution in [0.25, 0.3) is 10.9 Å². The van der Waals surface area contributed by atoms with Gasteiger partial charge < -0.3 is 4.52 Å². The molecule has 0 saturated carbocycles.